The van der Waals surface area contributed by atoms with Crippen molar-refractivity contribution in [3.8, 4) is 0 Å². The molecule has 0 unspecified atom stereocenters. The highest BCUT2D eigenvalue weighted by Crippen LogP contribution is 2.26. The Morgan fingerprint density at radius 1 is 1.17 bits per heavy atom. The molecule has 4 aromatic rings. The summed E-state index contributed by atoms with van der Waals surface area (Å²) >= 11 is 0. The lowest BCUT2D eigenvalue weighted by molar-refractivity contribution is 0.0600. The van der Waals surface area contributed by atoms with Crippen molar-refractivity contribution in [2.75, 3.05) is 30.0 Å². The molecule has 9 heteroatoms. The van der Waals surface area contributed by atoms with E-state index in [0.717, 1.165) is 46.3 Å². The number of allylic oxidation sites excluding steroid dienone is 1. The second kappa shape index (κ2) is 10.3. The van der Waals surface area contributed by atoms with Gasteiger partial charge < -0.3 is 25.7 Å². The molecule has 0 bridgehead atoms. The number of ether oxygens (including phenoxy) is 1. The van der Waals surface area contributed by atoms with Gasteiger partial charge in [-0.2, -0.15) is 5.10 Å². The van der Waals surface area contributed by atoms with E-state index in [0.29, 0.717) is 24.3 Å². The number of carbonyl (C=O) groups is 1. The van der Waals surface area contributed by atoms with Gasteiger partial charge in [0, 0.05) is 25.7 Å². The van der Waals surface area contributed by atoms with Crippen LogP contribution in [0.4, 0.5) is 23.1 Å². The van der Waals surface area contributed by atoms with Crippen LogP contribution in [0.2, 0.25) is 0 Å². The van der Waals surface area contributed by atoms with Gasteiger partial charge in [0.1, 0.15) is 5.82 Å². The van der Waals surface area contributed by atoms with Crippen molar-refractivity contribution >= 4 is 40.1 Å². The van der Waals surface area contributed by atoms with Crippen molar-refractivity contribution in [2.24, 2.45) is 0 Å². The van der Waals surface area contributed by atoms with Crippen LogP contribution in [0.15, 0.2) is 54.6 Å². The number of para-hydroxylation sites is 2. The zero-order valence-corrected chi connectivity index (χ0v) is 20.5. The molecular formula is C26H31N7O2. The Bertz CT molecular complexity index is 1360. The third-order valence-corrected chi connectivity index (χ3v) is 5.73. The fraction of sp³-hybridized carbons (Fsp3) is 0.269. The average Bonchev–Trinajstić information content (AvgIpc) is 3.38. The van der Waals surface area contributed by atoms with E-state index in [1.165, 1.54) is 7.11 Å². The maximum atomic E-state index is 11.8. The number of rotatable bonds is 9. The van der Waals surface area contributed by atoms with Gasteiger partial charge in [-0.05, 0) is 50.6 Å². The zero-order valence-electron chi connectivity index (χ0n) is 20.5. The number of carbonyl (C=O) groups excluding carboxylic acids is 1. The molecule has 35 heavy (non-hydrogen) atoms. The molecule has 0 saturated heterocycles. The van der Waals surface area contributed by atoms with Gasteiger partial charge in [0.15, 0.2) is 0 Å². The first-order chi connectivity index (χ1) is 16.9. The van der Waals surface area contributed by atoms with E-state index in [9.17, 15) is 4.79 Å². The van der Waals surface area contributed by atoms with Crippen LogP contribution in [-0.4, -0.2) is 39.0 Å². The molecule has 0 atom stereocenters. The zero-order chi connectivity index (χ0) is 24.9. The summed E-state index contributed by atoms with van der Waals surface area (Å²) in [5.41, 5.74) is 11.7. The Balaban J connectivity index is 1.49. The Hall–Kier alpha value is -4.27. The molecule has 0 aliphatic heterocycles. The Kier molecular flexibility index (Phi) is 7.05. The summed E-state index contributed by atoms with van der Waals surface area (Å²) < 4.78 is 8.85. The van der Waals surface area contributed by atoms with Gasteiger partial charge in [-0.1, -0.05) is 24.3 Å². The number of nitrogens with zero attached hydrogens (tertiary/aromatic N) is 4. The van der Waals surface area contributed by atoms with Gasteiger partial charge in [-0.3, -0.25) is 0 Å². The molecule has 0 aliphatic carbocycles. The number of fused-ring (bicyclic) bond motifs is 1. The predicted octanol–water partition coefficient (Wildman–Crippen LogP) is 4.65. The predicted molar refractivity (Wildman–Crippen MR) is 140 cm³/mol. The second-order valence-corrected chi connectivity index (χ2v) is 8.25. The van der Waals surface area contributed by atoms with E-state index < -0.39 is 5.97 Å². The number of anilines is 4. The lowest BCUT2D eigenvalue weighted by atomic mass is 10.1. The quantitative estimate of drug-likeness (QED) is 0.184. The molecule has 0 aliphatic rings. The minimum absolute atomic E-state index is 0.402. The summed E-state index contributed by atoms with van der Waals surface area (Å²) in [6, 6.07) is 13.5. The van der Waals surface area contributed by atoms with Crippen LogP contribution in [0.5, 0.6) is 0 Å². The molecule has 4 N–H and O–H groups in total. The van der Waals surface area contributed by atoms with Gasteiger partial charge in [0.05, 0.1) is 40.8 Å². The molecule has 4 rings (SSSR count). The summed E-state index contributed by atoms with van der Waals surface area (Å²) in [5, 5.41) is 11.3. The number of nitrogen functional groups attached to an aromatic ring is 1. The lowest BCUT2D eigenvalue weighted by Gasteiger charge is -2.13. The summed E-state index contributed by atoms with van der Waals surface area (Å²) in [4.78, 5) is 16.6. The number of aromatic nitrogens is 4. The standard InChI is InChI=1S/C26H31N7O2/c1-5-33-23(15-18(3)31-33)30-26-29-21-10-6-7-11-22(21)32(26)13-9-8-12-28-24-17(2)14-19(16-20(24)27)25(34)35-4/h6-11,14-16,28H,5,12-13,27H2,1-4H3,(H,29,30)/b9-8+. The second-order valence-electron chi connectivity index (χ2n) is 8.25. The van der Waals surface area contributed by atoms with Crippen LogP contribution in [0.3, 0.4) is 0 Å². The van der Waals surface area contributed by atoms with Crippen molar-refractivity contribution in [3.63, 3.8) is 0 Å². The van der Waals surface area contributed by atoms with Crippen LogP contribution in [0, 0.1) is 13.8 Å². The highest BCUT2D eigenvalue weighted by atomic mass is 16.5. The molecule has 0 saturated carbocycles. The van der Waals surface area contributed by atoms with Crippen LogP contribution in [0.25, 0.3) is 11.0 Å². The Labute approximate surface area is 204 Å². The monoisotopic (exact) mass is 473 g/mol. The van der Waals surface area contributed by atoms with E-state index in [2.05, 4.69) is 39.4 Å². The lowest BCUT2D eigenvalue weighted by Crippen LogP contribution is -2.09. The fourth-order valence-corrected chi connectivity index (χ4v) is 4.07. The number of benzene rings is 2. The molecule has 0 radical (unpaired) electrons. The van der Waals surface area contributed by atoms with Crippen molar-refractivity contribution in [1.82, 2.24) is 19.3 Å². The summed E-state index contributed by atoms with van der Waals surface area (Å²) in [6.07, 6.45) is 4.13. The number of hydrogen-bond acceptors (Lipinski definition) is 7. The third kappa shape index (κ3) is 5.13. The van der Waals surface area contributed by atoms with Crippen molar-refractivity contribution in [1.29, 1.82) is 0 Å². The molecule has 0 amide bonds. The first-order valence-corrected chi connectivity index (χ1v) is 11.5. The van der Waals surface area contributed by atoms with Crippen molar-refractivity contribution in [3.05, 3.63) is 71.4 Å². The van der Waals surface area contributed by atoms with Gasteiger partial charge in [0.25, 0.3) is 0 Å². The molecule has 2 aromatic carbocycles. The minimum Gasteiger partial charge on any atom is -0.465 e. The summed E-state index contributed by atoms with van der Waals surface area (Å²) in [7, 11) is 1.36. The van der Waals surface area contributed by atoms with E-state index >= 15 is 0 Å². The highest BCUT2D eigenvalue weighted by Gasteiger charge is 2.13. The molecule has 2 heterocycles. The van der Waals surface area contributed by atoms with Crippen LogP contribution < -0.4 is 16.4 Å². The largest absolute Gasteiger partial charge is 0.465 e. The Morgan fingerprint density at radius 3 is 2.71 bits per heavy atom. The smallest absolute Gasteiger partial charge is 0.337 e. The first kappa shape index (κ1) is 23.9. The van der Waals surface area contributed by atoms with E-state index in [4.69, 9.17) is 15.5 Å². The van der Waals surface area contributed by atoms with Crippen molar-refractivity contribution in [2.45, 2.75) is 33.9 Å². The highest BCUT2D eigenvalue weighted by molar-refractivity contribution is 5.92. The third-order valence-electron chi connectivity index (χ3n) is 5.73. The maximum Gasteiger partial charge on any atom is 0.337 e. The number of hydrogen-bond donors (Lipinski definition) is 3. The van der Waals surface area contributed by atoms with E-state index in [1.54, 1.807) is 12.1 Å². The Morgan fingerprint density at radius 2 is 1.97 bits per heavy atom. The molecule has 182 valence electrons. The van der Waals surface area contributed by atoms with Crippen LogP contribution >= 0.6 is 0 Å². The normalized spacial score (nSPS) is 11.3. The van der Waals surface area contributed by atoms with Gasteiger partial charge >= 0.3 is 5.97 Å². The number of imidazole rings is 1. The topological polar surface area (TPSA) is 112 Å². The SMILES string of the molecule is CCn1nc(C)cc1Nc1nc2ccccc2n1C/C=C/CNc1c(C)cc(C(=O)OC)cc1N. The number of esters is 1. The fourth-order valence-electron chi connectivity index (χ4n) is 4.07. The molecule has 9 nitrogen and oxygen atoms in total. The number of methoxy groups -OCH3 is 1. The van der Waals surface area contributed by atoms with E-state index in [1.807, 2.05) is 48.9 Å². The van der Waals surface area contributed by atoms with Crippen molar-refractivity contribution < 1.29 is 9.53 Å². The van der Waals surface area contributed by atoms with Gasteiger partial charge in [-0.15, -0.1) is 0 Å². The molecular weight excluding hydrogens is 442 g/mol. The molecule has 0 spiro atoms. The first-order valence-electron chi connectivity index (χ1n) is 11.5. The minimum atomic E-state index is -0.402. The van der Waals surface area contributed by atoms with E-state index in [-0.39, 0.29) is 0 Å². The van der Waals surface area contributed by atoms with Crippen LogP contribution in [0.1, 0.15) is 28.5 Å². The molecule has 2 aromatic heterocycles. The number of nitrogens with one attached hydrogen (secondary N) is 2. The summed E-state index contributed by atoms with van der Waals surface area (Å²) in [6.45, 7) is 7.94. The summed E-state index contributed by atoms with van der Waals surface area (Å²) in [5.74, 6) is 1.27. The number of aryl methyl sites for hydroxylation is 3. The molecule has 0 fully saturated rings. The average molecular weight is 474 g/mol. The van der Waals surface area contributed by atoms with Gasteiger partial charge in [-0.25, -0.2) is 14.5 Å². The maximum absolute atomic E-state index is 11.8. The number of nitrogens with two attached hydrogens (primary N) is 1. The van der Waals surface area contributed by atoms with Gasteiger partial charge in [0.2, 0.25) is 5.95 Å². The van der Waals surface area contributed by atoms with Crippen LogP contribution in [-0.2, 0) is 17.8 Å².